The molecule has 6 nitrogen and oxygen atoms in total. The zero-order valence-electron chi connectivity index (χ0n) is 15.8. The minimum Gasteiger partial charge on any atom is -0.369 e. The van der Waals surface area contributed by atoms with Gasteiger partial charge < -0.3 is 22.5 Å². The number of halogens is 1. The van der Waals surface area contributed by atoms with Gasteiger partial charge in [0.25, 0.3) is 0 Å². The van der Waals surface area contributed by atoms with Crippen molar-refractivity contribution in [1.29, 1.82) is 0 Å². The lowest BCUT2D eigenvalue weighted by molar-refractivity contribution is -0.117. The monoisotopic (exact) mass is 392 g/mol. The van der Waals surface area contributed by atoms with Crippen LogP contribution in [0, 0.1) is 0 Å². The molecule has 0 saturated carbocycles. The topological polar surface area (TPSA) is 124 Å². The highest BCUT2D eigenvalue weighted by atomic mass is 35.5. The van der Waals surface area contributed by atoms with Gasteiger partial charge in [0.05, 0.1) is 6.54 Å². The number of benzene rings is 2. The second kappa shape index (κ2) is 14.7. The SMILES string of the molecule is C[C@@H](N)c1ccccc1.C[C@@H](NCC(N)=O)c1ccccc1.NC(=O)CCl. The van der Waals surface area contributed by atoms with Crippen LogP contribution in [0.25, 0.3) is 0 Å². The number of rotatable bonds is 6. The molecule has 2 rings (SSSR count). The third kappa shape index (κ3) is 13.5. The lowest BCUT2D eigenvalue weighted by atomic mass is 10.1. The summed E-state index contributed by atoms with van der Waals surface area (Å²) in [6.45, 7) is 4.20. The van der Waals surface area contributed by atoms with Crippen LogP contribution in [0.3, 0.4) is 0 Å². The van der Waals surface area contributed by atoms with Gasteiger partial charge in [-0.1, -0.05) is 60.7 Å². The van der Waals surface area contributed by atoms with Crippen molar-refractivity contribution < 1.29 is 9.59 Å². The van der Waals surface area contributed by atoms with E-state index in [9.17, 15) is 9.59 Å². The fourth-order valence-corrected chi connectivity index (χ4v) is 1.87. The lowest BCUT2D eigenvalue weighted by Crippen LogP contribution is -2.30. The highest BCUT2D eigenvalue weighted by Crippen LogP contribution is 2.10. The van der Waals surface area contributed by atoms with Crippen LogP contribution in [-0.4, -0.2) is 24.2 Å². The largest absolute Gasteiger partial charge is 0.369 e. The van der Waals surface area contributed by atoms with E-state index in [0.717, 1.165) is 5.56 Å². The number of nitrogens with one attached hydrogen (secondary N) is 1. The van der Waals surface area contributed by atoms with Gasteiger partial charge in [-0.15, -0.1) is 11.6 Å². The molecule has 7 heteroatoms. The van der Waals surface area contributed by atoms with Gasteiger partial charge in [0.1, 0.15) is 5.88 Å². The van der Waals surface area contributed by atoms with Crippen molar-refractivity contribution in [3.8, 4) is 0 Å². The number of alkyl halides is 1. The van der Waals surface area contributed by atoms with E-state index in [-0.39, 0.29) is 30.4 Å². The van der Waals surface area contributed by atoms with Crippen molar-refractivity contribution in [2.24, 2.45) is 17.2 Å². The quantitative estimate of drug-likeness (QED) is 0.562. The molecule has 0 aliphatic heterocycles. The molecule has 0 heterocycles. The second-order valence-electron chi connectivity index (χ2n) is 5.78. The highest BCUT2D eigenvalue weighted by molar-refractivity contribution is 6.27. The van der Waals surface area contributed by atoms with Crippen LogP contribution < -0.4 is 22.5 Å². The molecule has 0 aliphatic carbocycles. The third-order valence-electron chi connectivity index (χ3n) is 3.34. The Balaban J connectivity index is 0.000000419. The van der Waals surface area contributed by atoms with Gasteiger partial charge in [-0.25, -0.2) is 0 Å². The van der Waals surface area contributed by atoms with E-state index in [1.165, 1.54) is 5.56 Å². The Hall–Kier alpha value is -2.41. The summed E-state index contributed by atoms with van der Waals surface area (Å²) in [5, 5.41) is 3.02. The van der Waals surface area contributed by atoms with E-state index >= 15 is 0 Å². The second-order valence-corrected chi connectivity index (χ2v) is 6.05. The minimum atomic E-state index is -0.480. The maximum Gasteiger partial charge on any atom is 0.232 e. The Kier molecular flexibility index (Phi) is 13.4. The molecular formula is C20H29ClN4O2. The normalized spacial score (nSPS) is 11.7. The summed E-state index contributed by atoms with van der Waals surface area (Å²) < 4.78 is 0. The van der Waals surface area contributed by atoms with E-state index in [2.05, 4.69) is 11.1 Å². The van der Waals surface area contributed by atoms with Crippen molar-refractivity contribution in [2.45, 2.75) is 25.9 Å². The number of amides is 2. The van der Waals surface area contributed by atoms with Gasteiger partial charge >= 0.3 is 0 Å². The van der Waals surface area contributed by atoms with Crippen molar-refractivity contribution >= 4 is 23.4 Å². The van der Waals surface area contributed by atoms with E-state index < -0.39 is 5.91 Å². The van der Waals surface area contributed by atoms with Crippen molar-refractivity contribution in [2.75, 3.05) is 12.4 Å². The van der Waals surface area contributed by atoms with Crippen LogP contribution in [0.4, 0.5) is 0 Å². The fraction of sp³-hybridized carbons (Fsp3) is 0.300. The molecule has 27 heavy (non-hydrogen) atoms. The lowest BCUT2D eigenvalue weighted by Gasteiger charge is -2.12. The molecule has 2 aromatic rings. The summed E-state index contributed by atoms with van der Waals surface area (Å²) in [7, 11) is 0. The van der Waals surface area contributed by atoms with Gasteiger partial charge in [0, 0.05) is 12.1 Å². The summed E-state index contributed by atoms with van der Waals surface area (Å²) in [5.41, 5.74) is 17.5. The molecule has 0 spiro atoms. The average molecular weight is 393 g/mol. The molecule has 0 fully saturated rings. The Morgan fingerprint density at radius 2 is 1.30 bits per heavy atom. The third-order valence-corrected chi connectivity index (χ3v) is 3.60. The average Bonchev–Trinajstić information content (AvgIpc) is 2.68. The van der Waals surface area contributed by atoms with E-state index in [4.69, 9.17) is 23.1 Å². The van der Waals surface area contributed by atoms with E-state index in [1.807, 2.05) is 74.5 Å². The molecule has 2 amide bonds. The smallest absolute Gasteiger partial charge is 0.232 e. The first-order valence-corrected chi connectivity index (χ1v) is 9.02. The molecule has 2 aromatic carbocycles. The van der Waals surface area contributed by atoms with Gasteiger partial charge in [-0.2, -0.15) is 0 Å². The first-order valence-electron chi connectivity index (χ1n) is 8.49. The summed E-state index contributed by atoms with van der Waals surface area (Å²) in [6.07, 6.45) is 0. The van der Waals surface area contributed by atoms with Crippen LogP contribution in [0.1, 0.15) is 37.1 Å². The van der Waals surface area contributed by atoms with Gasteiger partial charge in [0.15, 0.2) is 0 Å². The molecule has 148 valence electrons. The predicted octanol–water partition coefficient (Wildman–Crippen LogP) is 2.24. The zero-order valence-corrected chi connectivity index (χ0v) is 16.5. The molecular weight excluding hydrogens is 364 g/mol. The van der Waals surface area contributed by atoms with Gasteiger partial charge in [-0.3, -0.25) is 9.59 Å². The zero-order chi connectivity index (χ0) is 20.7. The number of carbonyl (C=O) groups is 2. The summed E-state index contributed by atoms with van der Waals surface area (Å²) in [5.74, 6) is -0.894. The van der Waals surface area contributed by atoms with Crippen molar-refractivity contribution in [1.82, 2.24) is 5.32 Å². The standard InChI is InChI=1S/C10H14N2O.C8H11N.C2H4ClNO/c1-8(12-7-10(11)13)9-5-3-2-4-6-9;1-7(9)8-5-3-2-4-6-8;3-1-2(4)5/h2-6,8,12H,7H2,1H3,(H2,11,13);2-7H,9H2,1H3;1H2,(H2,4,5)/t8-;7-;/m11./s1. The molecule has 0 aromatic heterocycles. The highest BCUT2D eigenvalue weighted by Gasteiger charge is 2.04. The van der Waals surface area contributed by atoms with Gasteiger partial charge in [-0.05, 0) is 25.0 Å². The maximum atomic E-state index is 10.5. The first-order chi connectivity index (χ1) is 12.8. The Morgan fingerprint density at radius 1 is 0.889 bits per heavy atom. The molecule has 7 N–H and O–H groups in total. The Labute approximate surface area is 166 Å². The van der Waals surface area contributed by atoms with Crippen LogP contribution in [0.15, 0.2) is 60.7 Å². The molecule has 0 aliphatic rings. The molecule has 0 radical (unpaired) electrons. The number of primary amides is 2. The van der Waals surface area contributed by atoms with Crippen LogP contribution in [0.5, 0.6) is 0 Å². The van der Waals surface area contributed by atoms with Crippen LogP contribution in [-0.2, 0) is 9.59 Å². The van der Waals surface area contributed by atoms with Crippen molar-refractivity contribution in [3.05, 3.63) is 71.8 Å². The molecule has 0 unspecified atom stereocenters. The Bertz CT molecular complexity index is 652. The summed E-state index contributed by atoms with van der Waals surface area (Å²) in [6, 6.07) is 20.3. The number of nitrogens with two attached hydrogens (primary N) is 3. The number of hydrogen-bond acceptors (Lipinski definition) is 4. The van der Waals surface area contributed by atoms with E-state index in [1.54, 1.807) is 0 Å². The summed E-state index contributed by atoms with van der Waals surface area (Å²) in [4.78, 5) is 20.0. The summed E-state index contributed by atoms with van der Waals surface area (Å²) >= 11 is 4.86. The molecule has 2 atom stereocenters. The Morgan fingerprint density at radius 3 is 1.59 bits per heavy atom. The maximum absolute atomic E-state index is 10.5. The fourth-order valence-electron chi connectivity index (χ4n) is 1.87. The molecule has 0 bridgehead atoms. The number of hydrogen-bond donors (Lipinski definition) is 4. The predicted molar refractivity (Wildman–Crippen MR) is 111 cm³/mol. The minimum absolute atomic E-state index is 0.0833. The van der Waals surface area contributed by atoms with Gasteiger partial charge in [0.2, 0.25) is 11.8 Å². The number of carbonyl (C=O) groups excluding carboxylic acids is 2. The van der Waals surface area contributed by atoms with Crippen LogP contribution in [0.2, 0.25) is 0 Å². The van der Waals surface area contributed by atoms with Crippen molar-refractivity contribution in [3.63, 3.8) is 0 Å². The molecule has 0 saturated heterocycles. The van der Waals surface area contributed by atoms with Crippen LogP contribution >= 0.6 is 11.6 Å². The first kappa shape index (κ1) is 24.6. The van der Waals surface area contributed by atoms with E-state index in [0.29, 0.717) is 0 Å².